The van der Waals surface area contributed by atoms with E-state index in [0.717, 1.165) is 18.9 Å². The molecule has 0 saturated heterocycles. The Kier molecular flexibility index (Phi) is 5.57. The third-order valence-electron chi connectivity index (χ3n) is 3.13. The number of carbonyl (C=O) groups excluding carboxylic acids is 1. The maximum atomic E-state index is 12.2. The van der Waals surface area contributed by atoms with Gasteiger partial charge in [0.1, 0.15) is 11.5 Å². The number of hydrogen-bond donors (Lipinski definition) is 1. The number of hydrogen-bond acceptors (Lipinski definition) is 4. The van der Waals surface area contributed by atoms with Crippen molar-refractivity contribution in [3.05, 3.63) is 46.3 Å². The van der Waals surface area contributed by atoms with Gasteiger partial charge in [-0.2, -0.15) is 0 Å². The van der Waals surface area contributed by atoms with Crippen molar-refractivity contribution in [3.63, 3.8) is 0 Å². The zero-order chi connectivity index (χ0) is 16.1. The van der Waals surface area contributed by atoms with Gasteiger partial charge in [0.15, 0.2) is 0 Å². The molecule has 2 rings (SSSR count). The summed E-state index contributed by atoms with van der Waals surface area (Å²) in [4.78, 5) is 22.6. The molecule has 0 aliphatic heterocycles. The van der Waals surface area contributed by atoms with Crippen LogP contribution in [-0.2, 0) is 0 Å². The number of carbonyl (C=O) groups is 1. The fourth-order valence-corrected chi connectivity index (χ4v) is 2.27. The van der Waals surface area contributed by atoms with Crippen LogP contribution in [0.15, 0.2) is 30.6 Å². The van der Waals surface area contributed by atoms with E-state index in [1.165, 1.54) is 6.20 Å². The maximum absolute atomic E-state index is 12.2. The molecule has 1 heterocycles. The second kappa shape index (κ2) is 7.42. The summed E-state index contributed by atoms with van der Waals surface area (Å²) in [5, 5.41) is 3.57. The average molecular weight is 339 g/mol. The maximum Gasteiger partial charge on any atom is 0.275 e. The summed E-state index contributed by atoms with van der Waals surface area (Å²) in [5.41, 5.74) is 0.653. The number of halogens is 2. The van der Waals surface area contributed by atoms with E-state index < -0.39 is 0 Å². The second-order valence-corrected chi connectivity index (χ2v) is 5.35. The highest BCUT2D eigenvalue weighted by Crippen LogP contribution is 2.25. The molecule has 22 heavy (non-hydrogen) atoms. The Hall–Kier alpha value is -1.85. The van der Waals surface area contributed by atoms with E-state index in [1.54, 1.807) is 24.4 Å². The third-order valence-corrected chi connectivity index (χ3v) is 3.70. The molecule has 0 spiro atoms. The van der Waals surface area contributed by atoms with Gasteiger partial charge in [0.05, 0.1) is 23.1 Å². The van der Waals surface area contributed by atoms with Crippen LogP contribution in [0.1, 0.15) is 24.3 Å². The molecule has 1 N–H and O–H groups in total. The molecule has 0 aliphatic rings. The van der Waals surface area contributed by atoms with Gasteiger partial charge in [-0.1, -0.05) is 23.2 Å². The van der Waals surface area contributed by atoms with Gasteiger partial charge in [-0.05, 0) is 32.0 Å². The number of nitrogens with one attached hydrogen (secondary N) is 1. The summed E-state index contributed by atoms with van der Waals surface area (Å²) >= 11 is 11.9. The van der Waals surface area contributed by atoms with Crippen molar-refractivity contribution < 1.29 is 4.79 Å². The van der Waals surface area contributed by atoms with Crippen LogP contribution in [0.2, 0.25) is 10.0 Å². The SMILES string of the molecule is CCN(CC)c1cnc(C(=O)Nc2cc(Cl)ccc2Cl)cn1. The molecule has 0 unspecified atom stereocenters. The first-order valence-electron chi connectivity index (χ1n) is 6.88. The first kappa shape index (κ1) is 16.5. The van der Waals surface area contributed by atoms with Crippen LogP contribution in [0.5, 0.6) is 0 Å². The largest absolute Gasteiger partial charge is 0.356 e. The van der Waals surface area contributed by atoms with Crippen LogP contribution >= 0.6 is 23.2 Å². The molecule has 2 aromatic rings. The predicted molar refractivity (Wildman–Crippen MR) is 90.0 cm³/mol. The van der Waals surface area contributed by atoms with Gasteiger partial charge in [0, 0.05) is 18.1 Å². The molecule has 0 fully saturated rings. The summed E-state index contributed by atoms with van der Waals surface area (Å²) in [6, 6.07) is 4.85. The van der Waals surface area contributed by atoms with Crippen LogP contribution in [-0.4, -0.2) is 29.0 Å². The summed E-state index contributed by atoms with van der Waals surface area (Å²) in [6.45, 7) is 5.73. The van der Waals surface area contributed by atoms with E-state index in [-0.39, 0.29) is 11.6 Å². The summed E-state index contributed by atoms with van der Waals surface area (Å²) in [5.74, 6) is 0.352. The zero-order valence-corrected chi connectivity index (χ0v) is 13.8. The minimum Gasteiger partial charge on any atom is -0.356 e. The highest BCUT2D eigenvalue weighted by atomic mass is 35.5. The Labute approximate surface area is 139 Å². The van der Waals surface area contributed by atoms with Crippen molar-refractivity contribution in [2.24, 2.45) is 0 Å². The Balaban J connectivity index is 2.14. The van der Waals surface area contributed by atoms with Crippen molar-refractivity contribution >= 4 is 40.6 Å². The smallest absolute Gasteiger partial charge is 0.275 e. The van der Waals surface area contributed by atoms with E-state index in [1.807, 2.05) is 18.7 Å². The van der Waals surface area contributed by atoms with Crippen LogP contribution in [0.25, 0.3) is 0 Å². The Morgan fingerprint density at radius 3 is 2.50 bits per heavy atom. The van der Waals surface area contributed by atoms with Crippen LogP contribution < -0.4 is 10.2 Å². The first-order chi connectivity index (χ1) is 10.5. The van der Waals surface area contributed by atoms with Gasteiger partial charge in [-0.15, -0.1) is 0 Å². The van der Waals surface area contributed by atoms with E-state index in [4.69, 9.17) is 23.2 Å². The van der Waals surface area contributed by atoms with Gasteiger partial charge in [0.2, 0.25) is 0 Å². The Bertz CT molecular complexity index is 657. The van der Waals surface area contributed by atoms with Crippen molar-refractivity contribution in [1.29, 1.82) is 0 Å². The van der Waals surface area contributed by atoms with Crippen LogP contribution in [0, 0.1) is 0 Å². The molecule has 0 bridgehead atoms. The topological polar surface area (TPSA) is 58.1 Å². The quantitative estimate of drug-likeness (QED) is 0.898. The molecule has 0 aliphatic carbocycles. The monoisotopic (exact) mass is 338 g/mol. The van der Waals surface area contributed by atoms with Crippen molar-refractivity contribution in [1.82, 2.24) is 9.97 Å². The van der Waals surface area contributed by atoms with Gasteiger partial charge >= 0.3 is 0 Å². The molecule has 0 radical (unpaired) electrons. The number of anilines is 2. The predicted octanol–water partition coefficient (Wildman–Crippen LogP) is 3.88. The first-order valence-corrected chi connectivity index (χ1v) is 7.64. The van der Waals surface area contributed by atoms with Crippen molar-refractivity contribution in [2.75, 3.05) is 23.3 Å². The molecule has 7 heteroatoms. The third kappa shape index (κ3) is 3.87. The van der Waals surface area contributed by atoms with Crippen LogP contribution in [0.3, 0.4) is 0 Å². The fourth-order valence-electron chi connectivity index (χ4n) is 1.93. The lowest BCUT2D eigenvalue weighted by Gasteiger charge is -2.19. The molecule has 1 aromatic carbocycles. The zero-order valence-electron chi connectivity index (χ0n) is 12.3. The molecule has 116 valence electrons. The van der Waals surface area contributed by atoms with E-state index >= 15 is 0 Å². The fraction of sp³-hybridized carbons (Fsp3) is 0.267. The number of rotatable bonds is 5. The molecule has 1 aromatic heterocycles. The molecule has 1 amide bonds. The lowest BCUT2D eigenvalue weighted by molar-refractivity contribution is 0.102. The molecule has 5 nitrogen and oxygen atoms in total. The minimum absolute atomic E-state index is 0.215. The lowest BCUT2D eigenvalue weighted by Crippen LogP contribution is -2.23. The van der Waals surface area contributed by atoms with Gasteiger partial charge in [0.25, 0.3) is 5.91 Å². The summed E-state index contributed by atoms with van der Waals surface area (Å²) in [6.07, 6.45) is 3.03. The number of aromatic nitrogens is 2. The Morgan fingerprint density at radius 2 is 1.91 bits per heavy atom. The number of nitrogens with zero attached hydrogens (tertiary/aromatic N) is 3. The molecular weight excluding hydrogens is 323 g/mol. The number of amides is 1. The molecule has 0 atom stereocenters. The molecular formula is C15H16Cl2N4O. The summed E-state index contributed by atoms with van der Waals surface area (Å²) in [7, 11) is 0. The van der Waals surface area contributed by atoms with Gasteiger partial charge in [-0.3, -0.25) is 4.79 Å². The van der Waals surface area contributed by atoms with Gasteiger partial charge in [-0.25, -0.2) is 9.97 Å². The van der Waals surface area contributed by atoms with Crippen molar-refractivity contribution in [3.8, 4) is 0 Å². The minimum atomic E-state index is -0.386. The van der Waals surface area contributed by atoms with Gasteiger partial charge < -0.3 is 10.2 Å². The highest BCUT2D eigenvalue weighted by Gasteiger charge is 2.12. The Morgan fingerprint density at radius 1 is 1.18 bits per heavy atom. The van der Waals surface area contributed by atoms with E-state index in [0.29, 0.717) is 15.7 Å². The second-order valence-electron chi connectivity index (χ2n) is 4.51. The average Bonchev–Trinajstić information content (AvgIpc) is 2.53. The van der Waals surface area contributed by atoms with E-state index in [2.05, 4.69) is 15.3 Å². The normalized spacial score (nSPS) is 10.4. The van der Waals surface area contributed by atoms with Crippen molar-refractivity contribution in [2.45, 2.75) is 13.8 Å². The summed E-state index contributed by atoms with van der Waals surface area (Å²) < 4.78 is 0. The standard InChI is InChI=1S/C15H16Cl2N4O/c1-3-21(4-2)14-9-18-13(8-19-14)15(22)20-12-7-10(16)5-6-11(12)17/h5-9H,3-4H2,1-2H3,(H,20,22). The highest BCUT2D eigenvalue weighted by molar-refractivity contribution is 6.35. The molecule has 0 saturated carbocycles. The lowest BCUT2D eigenvalue weighted by atomic mass is 10.3. The van der Waals surface area contributed by atoms with Crippen LogP contribution in [0.4, 0.5) is 11.5 Å². The number of benzene rings is 1. The van der Waals surface area contributed by atoms with E-state index in [9.17, 15) is 4.79 Å².